The number of carboxylic acid groups (broad SMARTS) is 2. The maximum Gasteiger partial charge on any atom is 0.331 e. The molecule has 1 aliphatic heterocycles. The van der Waals surface area contributed by atoms with Crippen molar-refractivity contribution in [3.05, 3.63) is 29.3 Å². The lowest BCUT2D eigenvalue weighted by atomic mass is 10.1. The van der Waals surface area contributed by atoms with E-state index in [1.807, 2.05) is 0 Å². The summed E-state index contributed by atoms with van der Waals surface area (Å²) >= 11 is 0. The molecule has 6 nitrogen and oxygen atoms in total. The Morgan fingerprint density at radius 3 is 2.58 bits per heavy atom. The minimum Gasteiger partial charge on any atom is -0.481 e. The molecule has 0 bridgehead atoms. The first-order valence-corrected chi connectivity index (χ1v) is 5.61. The van der Waals surface area contributed by atoms with Gasteiger partial charge in [0.25, 0.3) is 0 Å². The molecule has 0 atom stereocenters. The summed E-state index contributed by atoms with van der Waals surface area (Å²) in [5.74, 6) is -0.993. The van der Waals surface area contributed by atoms with Crippen LogP contribution in [0, 0.1) is 0 Å². The molecular weight excluding hydrogens is 252 g/mol. The highest BCUT2D eigenvalue weighted by atomic mass is 16.7. The highest BCUT2D eigenvalue weighted by molar-refractivity contribution is 5.92. The standard InChI is InChI=1S/C13H12O6/c14-12(15)4-2-9(13(16)17)5-8-1-3-10-11(6-8)19-7-18-10/h1,3,5-6H,2,4,7H2,(H,14,15)(H,16,17)/b9-5+. The van der Waals surface area contributed by atoms with Crippen molar-refractivity contribution in [3.63, 3.8) is 0 Å². The smallest absolute Gasteiger partial charge is 0.331 e. The number of fused-ring (bicyclic) bond motifs is 1. The van der Waals surface area contributed by atoms with Crippen LogP contribution in [0.4, 0.5) is 0 Å². The molecule has 1 aromatic rings. The molecule has 2 rings (SSSR count). The van der Waals surface area contributed by atoms with E-state index in [-0.39, 0.29) is 25.2 Å². The number of carbonyl (C=O) groups is 2. The van der Waals surface area contributed by atoms with E-state index in [9.17, 15) is 9.59 Å². The van der Waals surface area contributed by atoms with Gasteiger partial charge in [0, 0.05) is 12.0 Å². The Hall–Kier alpha value is -2.50. The Labute approximate surface area is 108 Å². The lowest BCUT2D eigenvalue weighted by molar-refractivity contribution is -0.137. The molecule has 0 saturated heterocycles. The van der Waals surface area contributed by atoms with Gasteiger partial charge in [-0.3, -0.25) is 4.79 Å². The summed E-state index contributed by atoms with van der Waals surface area (Å²) in [4.78, 5) is 21.5. The minimum atomic E-state index is -1.13. The highest BCUT2D eigenvalue weighted by Gasteiger charge is 2.14. The molecule has 0 aliphatic carbocycles. The molecule has 0 unspecified atom stereocenters. The van der Waals surface area contributed by atoms with Gasteiger partial charge in [-0.2, -0.15) is 0 Å². The summed E-state index contributed by atoms with van der Waals surface area (Å²) in [6.45, 7) is 0.146. The predicted molar refractivity (Wildman–Crippen MR) is 65.0 cm³/mol. The molecule has 0 spiro atoms. The third-order valence-corrected chi connectivity index (χ3v) is 2.62. The summed E-state index contributed by atoms with van der Waals surface area (Å²) in [6, 6.07) is 5.04. The van der Waals surface area contributed by atoms with E-state index in [4.69, 9.17) is 19.7 Å². The number of hydrogen-bond acceptors (Lipinski definition) is 4. The fraction of sp³-hybridized carbons (Fsp3) is 0.231. The largest absolute Gasteiger partial charge is 0.481 e. The van der Waals surface area contributed by atoms with Gasteiger partial charge in [0.2, 0.25) is 6.79 Å². The predicted octanol–water partition coefficient (Wildman–Crippen LogP) is 1.75. The topological polar surface area (TPSA) is 93.1 Å². The second-order valence-corrected chi connectivity index (χ2v) is 3.98. The Balaban J connectivity index is 2.20. The van der Waals surface area contributed by atoms with Gasteiger partial charge in [-0.25, -0.2) is 4.79 Å². The lowest BCUT2D eigenvalue weighted by Crippen LogP contribution is -2.04. The average Bonchev–Trinajstić information content (AvgIpc) is 2.81. The molecule has 0 amide bonds. The molecule has 19 heavy (non-hydrogen) atoms. The van der Waals surface area contributed by atoms with Crippen LogP contribution in [0.15, 0.2) is 23.8 Å². The summed E-state index contributed by atoms with van der Waals surface area (Å²) in [5.41, 5.74) is 0.674. The van der Waals surface area contributed by atoms with Crippen molar-refractivity contribution in [2.75, 3.05) is 6.79 Å². The number of ether oxygens (including phenoxy) is 2. The van der Waals surface area contributed by atoms with Gasteiger partial charge in [0.1, 0.15) is 0 Å². The second-order valence-electron chi connectivity index (χ2n) is 3.98. The van der Waals surface area contributed by atoms with Crippen LogP contribution < -0.4 is 9.47 Å². The van der Waals surface area contributed by atoms with E-state index < -0.39 is 11.9 Å². The zero-order valence-corrected chi connectivity index (χ0v) is 9.96. The van der Waals surface area contributed by atoms with E-state index in [0.29, 0.717) is 17.1 Å². The zero-order chi connectivity index (χ0) is 13.8. The van der Waals surface area contributed by atoms with Crippen molar-refractivity contribution in [1.82, 2.24) is 0 Å². The van der Waals surface area contributed by atoms with Gasteiger partial charge in [0.15, 0.2) is 11.5 Å². The third kappa shape index (κ3) is 3.25. The minimum absolute atomic E-state index is 0.0287. The van der Waals surface area contributed by atoms with E-state index >= 15 is 0 Å². The monoisotopic (exact) mass is 264 g/mol. The van der Waals surface area contributed by atoms with Crippen LogP contribution in [-0.4, -0.2) is 28.9 Å². The van der Waals surface area contributed by atoms with Gasteiger partial charge in [-0.05, 0) is 30.2 Å². The molecule has 100 valence electrons. The van der Waals surface area contributed by atoms with Gasteiger partial charge in [-0.15, -0.1) is 0 Å². The number of carboxylic acids is 2. The van der Waals surface area contributed by atoms with Crippen LogP contribution in [0.3, 0.4) is 0 Å². The van der Waals surface area contributed by atoms with Crippen molar-refractivity contribution in [2.45, 2.75) is 12.8 Å². The maximum atomic E-state index is 11.0. The molecular formula is C13H12O6. The lowest BCUT2D eigenvalue weighted by Gasteiger charge is -2.02. The zero-order valence-electron chi connectivity index (χ0n) is 9.96. The van der Waals surface area contributed by atoms with Crippen LogP contribution in [-0.2, 0) is 9.59 Å². The Kier molecular flexibility index (Phi) is 3.70. The first-order valence-electron chi connectivity index (χ1n) is 5.61. The van der Waals surface area contributed by atoms with Crippen molar-refractivity contribution < 1.29 is 29.3 Å². The number of rotatable bonds is 5. The second kappa shape index (κ2) is 5.43. The Morgan fingerprint density at radius 2 is 1.89 bits per heavy atom. The molecule has 6 heteroatoms. The average molecular weight is 264 g/mol. The van der Waals surface area contributed by atoms with Crippen LogP contribution in [0.1, 0.15) is 18.4 Å². The Morgan fingerprint density at radius 1 is 1.16 bits per heavy atom. The molecule has 1 aliphatic rings. The Bertz CT molecular complexity index is 546. The number of benzene rings is 1. The van der Waals surface area contributed by atoms with Crippen molar-refractivity contribution in [1.29, 1.82) is 0 Å². The van der Waals surface area contributed by atoms with E-state index in [1.165, 1.54) is 6.08 Å². The van der Waals surface area contributed by atoms with Crippen LogP contribution >= 0.6 is 0 Å². The first-order chi connectivity index (χ1) is 9.06. The summed E-state index contributed by atoms with van der Waals surface area (Å²) in [6.07, 6.45) is 1.19. The SMILES string of the molecule is O=C(O)CC/C(=C\c1ccc2c(c1)OCO2)C(=O)O. The molecule has 0 aromatic heterocycles. The normalized spacial score (nSPS) is 13.4. The van der Waals surface area contributed by atoms with Gasteiger partial charge in [-0.1, -0.05) is 6.07 Å². The third-order valence-electron chi connectivity index (χ3n) is 2.62. The van der Waals surface area contributed by atoms with E-state index in [2.05, 4.69) is 0 Å². The number of aliphatic carboxylic acids is 2. The molecule has 2 N–H and O–H groups in total. The quantitative estimate of drug-likeness (QED) is 0.787. The fourth-order valence-electron chi connectivity index (χ4n) is 1.69. The molecule has 0 fully saturated rings. The molecule has 0 saturated carbocycles. The highest BCUT2D eigenvalue weighted by Crippen LogP contribution is 2.33. The van der Waals surface area contributed by atoms with Gasteiger partial charge >= 0.3 is 11.9 Å². The van der Waals surface area contributed by atoms with E-state index in [0.717, 1.165) is 0 Å². The summed E-state index contributed by atoms with van der Waals surface area (Å²) in [5, 5.41) is 17.6. The van der Waals surface area contributed by atoms with Crippen molar-refractivity contribution >= 4 is 18.0 Å². The van der Waals surface area contributed by atoms with Gasteiger partial charge in [0.05, 0.1) is 0 Å². The van der Waals surface area contributed by atoms with E-state index in [1.54, 1.807) is 18.2 Å². The first kappa shape index (κ1) is 12.9. The molecule has 1 aromatic carbocycles. The molecule has 0 radical (unpaired) electrons. The van der Waals surface area contributed by atoms with Crippen molar-refractivity contribution in [2.24, 2.45) is 0 Å². The number of hydrogen-bond donors (Lipinski definition) is 2. The maximum absolute atomic E-state index is 11.0. The van der Waals surface area contributed by atoms with Crippen LogP contribution in [0.25, 0.3) is 6.08 Å². The van der Waals surface area contributed by atoms with Crippen LogP contribution in [0.5, 0.6) is 11.5 Å². The summed E-state index contributed by atoms with van der Waals surface area (Å²) < 4.78 is 10.3. The molecule has 1 heterocycles. The van der Waals surface area contributed by atoms with Gasteiger partial charge < -0.3 is 19.7 Å². The fourth-order valence-corrected chi connectivity index (χ4v) is 1.69. The van der Waals surface area contributed by atoms with Crippen molar-refractivity contribution in [3.8, 4) is 11.5 Å². The van der Waals surface area contributed by atoms with Crippen LogP contribution in [0.2, 0.25) is 0 Å². The summed E-state index contributed by atoms with van der Waals surface area (Å²) in [7, 11) is 0.